The van der Waals surface area contributed by atoms with E-state index in [0.717, 1.165) is 37.7 Å². The fourth-order valence-corrected chi connectivity index (χ4v) is 7.50. The minimum absolute atomic E-state index is 0.0356. The lowest BCUT2D eigenvalue weighted by molar-refractivity contribution is -0.163. The molecule has 0 radical (unpaired) electrons. The third-order valence-electron chi connectivity index (χ3n) is 10.4. The first kappa shape index (κ1) is 46.4. The molecule has 3 fully saturated rings. The van der Waals surface area contributed by atoms with Gasteiger partial charge in [-0.25, -0.2) is 9.59 Å². The summed E-state index contributed by atoms with van der Waals surface area (Å²) in [5.74, 6) is -3.40. The number of esters is 2. The predicted molar refractivity (Wildman–Crippen MR) is 213 cm³/mol. The number of carbonyl (C=O) groups excluding carboxylic acids is 6. The highest BCUT2D eigenvalue weighted by Gasteiger charge is 2.37. The summed E-state index contributed by atoms with van der Waals surface area (Å²) >= 11 is 0. The van der Waals surface area contributed by atoms with Crippen molar-refractivity contribution in [3.05, 3.63) is 35.9 Å². The normalized spacial score (nSPS) is 24.2. The maximum Gasteiger partial charge on any atom is 0.408 e. The number of ether oxygens (including phenoxy) is 4. The second kappa shape index (κ2) is 22.2. The third-order valence-corrected chi connectivity index (χ3v) is 10.4. The van der Waals surface area contributed by atoms with Crippen LogP contribution in [0, 0.1) is 5.92 Å². The van der Waals surface area contributed by atoms with Gasteiger partial charge in [0.2, 0.25) is 17.7 Å². The van der Waals surface area contributed by atoms with E-state index in [1.54, 1.807) is 58.9 Å². The summed E-state index contributed by atoms with van der Waals surface area (Å²) in [7, 11) is 0. The molecule has 1 aromatic carbocycles. The van der Waals surface area contributed by atoms with Crippen molar-refractivity contribution in [3.63, 3.8) is 0 Å². The lowest BCUT2D eigenvalue weighted by Crippen LogP contribution is -2.59. The van der Waals surface area contributed by atoms with Gasteiger partial charge in [0.1, 0.15) is 30.4 Å². The van der Waals surface area contributed by atoms with Gasteiger partial charge < -0.3 is 45.3 Å². The number of hydrogen-bond donors (Lipinski definition) is 5. The second-order valence-electron chi connectivity index (χ2n) is 17.4. The quantitative estimate of drug-likeness (QED) is 0.152. The molecule has 3 unspecified atom stereocenters. The summed E-state index contributed by atoms with van der Waals surface area (Å²) in [5.41, 5.74) is -1.09. The number of rotatable bonds is 12. The minimum atomic E-state index is -1.69. The molecule has 0 bridgehead atoms. The smallest absolute Gasteiger partial charge is 0.408 e. The number of alkyl carbamates (subject to hydrolysis) is 1. The molecule has 58 heavy (non-hydrogen) atoms. The molecule has 16 heteroatoms. The Morgan fingerprint density at radius 3 is 2.33 bits per heavy atom. The third kappa shape index (κ3) is 16.5. The van der Waals surface area contributed by atoms with Crippen LogP contribution in [0.5, 0.6) is 0 Å². The fourth-order valence-electron chi connectivity index (χ4n) is 7.50. The van der Waals surface area contributed by atoms with Gasteiger partial charge in [0.15, 0.2) is 6.10 Å². The van der Waals surface area contributed by atoms with Crippen molar-refractivity contribution in [1.82, 2.24) is 26.2 Å². The Morgan fingerprint density at radius 1 is 0.966 bits per heavy atom. The summed E-state index contributed by atoms with van der Waals surface area (Å²) in [6.45, 7) is 10.8. The number of carbonyl (C=O) groups is 6. The number of cyclic esters (lactones) is 2. The zero-order chi connectivity index (χ0) is 42.3. The van der Waals surface area contributed by atoms with E-state index in [2.05, 4.69) is 26.2 Å². The van der Waals surface area contributed by atoms with Crippen molar-refractivity contribution in [3.8, 4) is 0 Å². The van der Waals surface area contributed by atoms with Crippen LogP contribution in [0.2, 0.25) is 0 Å². The topological polar surface area (TPSA) is 211 Å². The lowest BCUT2D eigenvalue weighted by atomic mass is 9.83. The number of nitrogens with one attached hydrogen (secondary N) is 4. The van der Waals surface area contributed by atoms with Gasteiger partial charge in [-0.3, -0.25) is 24.1 Å². The highest BCUT2D eigenvalue weighted by atomic mass is 16.6. The number of hydrogen-bond acceptors (Lipinski definition) is 12. The van der Waals surface area contributed by atoms with Crippen LogP contribution in [-0.4, -0.2) is 127 Å². The summed E-state index contributed by atoms with van der Waals surface area (Å²) in [5, 5.41) is 22.4. The molecule has 1 aromatic rings. The molecule has 5 N–H and O–H groups in total. The fraction of sp³-hybridized carbons (Fsp3) is 0.714. The zero-order valence-corrected chi connectivity index (χ0v) is 34.8. The van der Waals surface area contributed by atoms with Gasteiger partial charge in [0.05, 0.1) is 19.3 Å². The summed E-state index contributed by atoms with van der Waals surface area (Å²) in [6, 6.07) is 5.29. The van der Waals surface area contributed by atoms with Gasteiger partial charge in [-0.05, 0) is 65.4 Å². The second-order valence-corrected chi connectivity index (χ2v) is 17.4. The molecule has 2 aliphatic heterocycles. The molecular weight excluding hydrogens is 750 g/mol. The average Bonchev–Trinajstić information content (AvgIpc) is 3.15. The molecule has 324 valence electrons. The molecule has 5 atom stereocenters. The van der Waals surface area contributed by atoms with Crippen LogP contribution >= 0.6 is 0 Å². The SMILES string of the molecule is CC(C)(CC(=O)N[C@@H](Cc1ccccc1)C(=O)NC1COC(=O)CCCC(CN2CCOCC2)OC(=O)[C@H](O)C(CC2CCCCC2)NC1=O)NC(=O)OC(C)(C)C. The van der Waals surface area contributed by atoms with E-state index in [0.29, 0.717) is 52.1 Å². The lowest BCUT2D eigenvalue weighted by Gasteiger charge is -2.33. The summed E-state index contributed by atoms with van der Waals surface area (Å²) in [4.78, 5) is 82.9. The first-order valence-corrected chi connectivity index (χ1v) is 20.8. The predicted octanol–water partition coefficient (Wildman–Crippen LogP) is 2.68. The molecule has 16 nitrogen and oxygen atoms in total. The number of aliphatic hydroxyl groups excluding tert-OH is 1. The Bertz CT molecular complexity index is 1520. The van der Waals surface area contributed by atoms with Gasteiger partial charge in [0, 0.05) is 44.4 Å². The van der Waals surface area contributed by atoms with E-state index in [9.17, 15) is 33.9 Å². The van der Waals surface area contributed by atoms with Crippen LogP contribution < -0.4 is 21.3 Å². The largest absolute Gasteiger partial charge is 0.463 e. The Kier molecular flexibility index (Phi) is 17.8. The van der Waals surface area contributed by atoms with E-state index in [-0.39, 0.29) is 25.2 Å². The number of benzene rings is 1. The Morgan fingerprint density at radius 2 is 1.66 bits per heavy atom. The maximum absolute atomic E-state index is 14.1. The van der Waals surface area contributed by atoms with E-state index in [4.69, 9.17) is 18.9 Å². The van der Waals surface area contributed by atoms with Crippen molar-refractivity contribution in [1.29, 1.82) is 0 Å². The summed E-state index contributed by atoms with van der Waals surface area (Å²) < 4.78 is 22.2. The molecule has 4 amide bonds. The van der Waals surface area contributed by atoms with Crippen molar-refractivity contribution >= 4 is 35.8 Å². The van der Waals surface area contributed by atoms with E-state index >= 15 is 0 Å². The molecule has 0 spiro atoms. The number of morpholine rings is 1. The number of nitrogens with zero attached hydrogens (tertiary/aromatic N) is 1. The Balaban J connectivity index is 1.53. The highest BCUT2D eigenvalue weighted by molar-refractivity contribution is 5.93. The molecule has 3 aliphatic rings. The molecule has 4 rings (SSSR count). The average molecular weight is 816 g/mol. The van der Waals surface area contributed by atoms with Gasteiger partial charge >= 0.3 is 18.0 Å². The first-order valence-electron chi connectivity index (χ1n) is 20.8. The van der Waals surface area contributed by atoms with Crippen LogP contribution in [0.3, 0.4) is 0 Å². The number of aliphatic hydroxyl groups is 1. The van der Waals surface area contributed by atoms with Gasteiger partial charge in [-0.1, -0.05) is 62.4 Å². The Labute approximate surface area is 342 Å². The van der Waals surface area contributed by atoms with Crippen molar-refractivity contribution in [2.75, 3.05) is 39.5 Å². The van der Waals surface area contributed by atoms with Crippen molar-refractivity contribution < 1.29 is 52.8 Å². The van der Waals surface area contributed by atoms with Gasteiger partial charge in [-0.15, -0.1) is 0 Å². The van der Waals surface area contributed by atoms with Crippen LogP contribution in [-0.2, 0) is 49.3 Å². The van der Waals surface area contributed by atoms with Crippen molar-refractivity contribution in [2.45, 2.75) is 147 Å². The molecule has 1 saturated carbocycles. The maximum atomic E-state index is 14.1. The molecule has 1 aliphatic carbocycles. The summed E-state index contributed by atoms with van der Waals surface area (Å²) in [6.07, 6.45) is 2.57. The van der Waals surface area contributed by atoms with Gasteiger partial charge in [0.25, 0.3) is 0 Å². The van der Waals surface area contributed by atoms with Crippen LogP contribution in [0.1, 0.15) is 104 Å². The van der Waals surface area contributed by atoms with E-state index in [1.807, 2.05) is 6.07 Å². The van der Waals surface area contributed by atoms with E-state index < -0.39 is 83.8 Å². The van der Waals surface area contributed by atoms with Crippen LogP contribution in [0.4, 0.5) is 4.79 Å². The van der Waals surface area contributed by atoms with Gasteiger partial charge in [-0.2, -0.15) is 0 Å². The first-order chi connectivity index (χ1) is 27.5. The zero-order valence-electron chi connectivity index (χ0n) is 34.8. The highest BCUT2D eigenvalue weighted by Crippen LogP contribution is 2.28. The molecule has 0 aromatic heterocycles. The number of amides is 4. The minimum Gasteiger partial charge on any atom is -0.463 e. The van der Waals surface area contributed by atoms with E-state index in [1.165, 1.54) is 0 Å². The standard InChI is InChI=1S/C42H65N5O11/c1-41(2,3)58-40(54)46-42(4,5)25-34(48)43-32(24-29-15-10-7-11-16-29)37(51)45-33-27-56-35(49)18-12-17-30(26-47-19-21-55-22-20-47)57-39(53)36(50)31(44-38(33)52)23-28-13-8-6-9-14-28/h7,10-11,15-16,28,30-33,36,50H,6,8-9,12-14,17-27H2,1-5H3,(H,43,48)(H,44,52)(H,45,51)(H,46,54)/t30?,31?,32-,33?,36+/m0/s1. The molecular formula is C42H65N5O11. The van der Waals surface area contributed by atoms with Crippen LogP contribution in [0.15, 0.2) is 30.3 Å². The Hall–Kier alpha value is -4.28. The van der Waals surface area contributed by atoms with Crippen LogP contribution in [0.25, 0.3) is 0 Å². The van der Waals surface area contributed by atoms with Crippen molar-refractivity contribution in [2.24, 2.45) is 5.92 Å². The monoisotopic (exact) mass is 815 g/mol. The molecule has 2 saturated heterocycles. The molecule has 2 heterocycles.